The Morgan fingerprint density at radius 1 is 1.40 bits per heavy atom. The molecule has 20 heavy (non-hydrogen) atoms. The Balaban J connectivity index is 2.15. The van der Waals surface area contributed by atoms with E-state index < -0.39 is 0 Å². The van der Waals surface area contributed by atoms with Crippen LogP contribution < -0.4 is 11.1 Å². The summed E-state index contributed by atoms with van der Waals surface area (Å²) in [5.41, 5.74) is 7.57. The van der Waals surface area contributed by atoms with E-state index >= 15 is 0 Å². The number of nitrogens with one attached hydrogen (secondary N) is 1. The van der Waals surface area contributed by atoms with Crippen molar-refractivity contribution in [1.82, 2.24) is 10.2 Å². The Morgan fingerprint density at radius 3 is 2.80 bits per heavy atom. The number of hydrogen-bond donors (Lipinski definition) is 2. The highest BCUT2D eigenvalue weighted by Crippen LogP contribution is 2.08. The first-order valence-electron chi connectivity index (χ1n) is 7.30. The van der Waals surface area contributed by atoms with Crippen molar-refractivity contribution in [2.45, 2.75) is 39.2 Å². The van der Waals surface area contributed by atoms with E-state index in [1.54, 1.807) is 0 Å². The van der Waals surface area contributed by atoms with E-state index in [0.717, 1.165) is 37.2 Å². The maximum Gasteiger partial charge on any atom is 0.220 e. The van der Waals surface area contributed by atoms with Crippen molar-refractivity contribution in [3.8, 4) is 0 Å². The topological polar surface area (TPSA) is 58.4 Å². The lowest BCUT2D eigenvalue weighted by atomic mass is 10.1. The molecule has 0 aliphatic carbocycles. The third-order valence-corrected chi connectivity index (χ3v) is 3.48. The lowest BCUT2D eigenvalue weighted by Crippen LogP contribution is -2.31. The summed E-state index contributed by atoms with van der Waals surface area (Å²) in [5, 5.41) is 2.96. The maximum atomic E-state index is 11.7. The van der Waals surface area contributed by atoms with E-state index in [1.165, 1.54) is 0 Å². The van der Waals surface area contributed by atoms with Crippen molar-refractivity contribution >= 4 is 11.6 Å². The van der Waals surface area contributed by atoms with Gasteiger partial charge in [-0.05, 0) is 58.0 Å². The van der Waals surface area contributed by atoms with E-state index in [4.69, 9.17) is 5.73 Å². The normalized spacial score (nSPS) is 11.1. The zero-order chi connectivity index (χ0) is 15.0. The molecule has 0 heterocycles. The van der Waals surface area contributed by atoms with Crippen LogP contribution in [0.3, 0.4) is 0 Å². The molecule has 112 valence electrons. The number of amides is 1. The van der Waals surface area contributed by atoms with Crippen molar-refractivity contribution < 1.29 is 4.79 Å². The first-order chi connectivity index (χ1) is 9.49. The van der Waals surface area contributed by atoms with Crippen LogP contribution >= 0.6 is 0 Å². The SMILES string of the molecule is CC(C)N(C)CCCNC(=O)CCc1cccc(N)c1. The molecule has 1 amide bonds. The molecule has 4 heteroatoms. The number of nitrogens with two attached hydrogens (primary N) is 1. The summed E-state index contributed by atoms with van der Waals surface area (Å²) in [6.45, 7) is 6.09. The third kappa shape index (κ3) is 6.57. The first kappa shape index (κ1) is 16.5. The summed E-state index contributed by atoms with van der Waals surface area (Å²) >= 11 is 0. The number of carbonyl (C=O) groups excluding carboxylic acids is 1. The molecule has 1 aromatic carbocycles. The van der Waals surface area contributed by atoms with Crippen LogP contribution in [0.1, 0.15) is 32.3 Å². The third-order valence-electron chi connectivity index (χ3n) is 3.48. The highest BCUT2D eigenvalue weighted by atomic mass is 16.1. The van der Waals surface area contributed by atoms with Crippen molar-refractivity contribution in [1.29, 1.82) is 0 Å². The lowest BCUT2D eigenvalue weighted by molar-refractivity contribution is -0.121. The van der Waals surface area contributed by atoms with Gasteiger partial charge in [-0.2, -0.15) is 0 Å². The van der Waals surface area contributed by atoms with E-state index in [0.29, 0.717) is 12.5 Å². The number of carbonyl (C=O) groups is 1. The fraction of sp³-hybridized carbons (Fsp3) is 0.562. The molecular weight excluding hydrogens is 250 g/mol. The van der Waals surface area contributed by atoms with Crippen molar-refractivity contribution in [2.75, 3.05) is 25.9 Å². The number of benzene rings is 1. The molecule has 0 aromatic heterocycles. The van der Waals surface area contributed by atoms with Gasteiger partial charge in [0.15, 0.2) is 0 Å². The Morgan fingerprint density at radius 2 is 2.15 bits per heavy atom. The molecule has 0 atom stereocenters. The molecule has 0 radical (unpaired) electrons. The molecule has 3 N–H and O–H groups in total. The van der Waals surface area contributed by atoms with Gasteiger partial charge in [0.25, 0.3) is 0 Å². The molecule has 0 aliphatic rings. The smallest absolute Gasteiger partial charge is 0.220 e. The fourth-order valence-electron chi connectivity index (χ4n) is 1.91. The number of nitrogen functional groups attached to an aromatic ring is 1. The number of aryl methyl sites for hydroxylation is 1. The predicted molar refractivity (Wildman–Crippen MR) is 84.6 cm³/mol. The number of hydrogen-bond acceptors (Lipinski definition) is 3. The number of rotatable bonds is 8. The van der Waals surface area contributed by atoms with Crippen LogP contribution in [-0.4, -0.2) is 37.0 Å². The number of anilines is 1. The van der Waals surface area contributed by atoms with Gasteiger partial charge >= 0.3 is 0 Å². The minimum Gasteiger partial charge on any atom is -0.399 e. The van der Waals surface area contributed by atoms with E-state index in [2.05, 4.69) is 31.1 Å². The quantitative estimate of drug-likeness (QED) is 0.565. The average molecular weight is 277 g/mol. The van der Waals surface area contributed by atoms with Crippen LogP contribution in [0.5, 0.6) is 0 Å². The Bertz CT molecular complexity index is 418. The Hall–Kier alpha value is -1.55. The van der Waals surface area contributed by atoms with Crippen LogP contribution in [-0.2, 0) is 11.2 Å². The highest BCUT2D eigenvalue weighted by molar-refractivity contribution is 5.76. The summed E-state index contributed by atoms with van der Waals surface area (Å²) in [6, 6.07) is 8.25. The van der Waals surface area contributed by atoms with Crippen LogP contribution in [0.2, 0.25) is 0 Å². The van der Waals surface area contributed by atoms with Gasteiger partial charge in [0.05, 0.1) is 0 Å². The minimum absolute atomic E-state index is 0.111. The summed E-state index contributed by atoms with van der Waals surface area (Å²) < 4.78 is 0. The lowest BCUT2D eigenvalue weighted by Gasteiger charge is -2.20. The molecule has 1 aromatic rings. The van der Waals surface area contributed by atoms with Crippen LogP contribution in [0.15, 0.2) is 24.3 Å². The van der Waals surface area contributed by atoms with Crippen molar-refractivity contribution in [3.63, 3.8) is 0 Å². The second-order valence-corrected chi connectivity index (χ2v) is 5.52. The first-order valence-corrected chi connectivity index (χ1v) is 7.30. The monoisotopic (exact) mass is 277 g/mol. The van der Waals surface area contributed by atoms with Crippen LogP contribution in [0, 0.1) is 0 Å². The van der Waals surface area contributed by atoms with Gasteiger partial charge in [0.2, 0.25) is 5.91 Å². The van der Waals surface area contributed by atoms with Gasteiger partial charge in [-0.1, -0.05) is 12.1 Å². The molecule has 0 saturated heterocycles. The maximum absolute atomic E-state index is 11.7. The molecule has 0 spiro atoms. The molecule has 4 nitrogen and oxygen atoms in total. The summed E-state index contributed by atoms with van der Waals surface area (Å²) in [7, 11) is 2.10. The van der Waals surface area contributed by atoms with Gasteiger partial charge in [0, 0.05) is 24.7 Å². The predicted octanol–water partition coefficient (Wildman–Crippen LogP) is 2.05. The van der Waals surface area contributed by atoms with Gasteiger partial charge in [-0.3, -0.25) is 4.79 Å². The van der Waals surface area contributed by atoms with Crippen molar-refractivity contribution in [3.05, 3.63) is 29.8 Å². The van der Waals surface area contributed by atoms with Gasteiger partial charge in [-0.15, -0.1) is 0 Å². The van der Waals surface area contributed by atoms with Crippen LogP contribution in [0.25, 0.3) is 0 Å². The second-order valence-electron chi connectivity index (χ2n) is 5.52. The average Bonchev–Trinajstić information content (AvgIpc) is 2.41. The molecular formula is C16H27N3O. The van der Waals surface area contributed by atoms with Crippen LogP contribution in [0.4, 0.5) is 5.69 Å². The van der Waals surface area contributed by atoms with E-state index in [-0.39, 0.29) is 5.91 Å². The van der Waals surface area contributed by atoms with Gasteiger partial charge in [-0.25, -0.2) is 0 Å². The standard InChI is InChI=1S/C16H27N3O/c1-13(2)19(3)11-5-10-18-16(20)9-8-14-6-4-7-15(17)12-14/h4,6-7,12-13H,5,8-11,17H2,1-3H3,(H,18,20). The summed E-state index contributed by atoms with van der Waals surface area (Å²) in [4.78, 5) is 14.0. The fourth-order valence-corrected chi connectivity index (χ4v) is 1.91. The van der Waals surface area contributed by atoms with Gasteiger partial charge < -0.3 is 16.0 Å². The minimum atomic E-state index is 0.111. The largest absolute Gasteiger partial charge is 0.399 e. The van der Waals surface area contributed by atoms with Gasteiger partial charge in [0.1, 0.15) is 0 Å². The van der Waals surface area contributed by atoms with Crippen molar-refractivity contribution in [2.24, 2.45) is 0 Å². The molecule has 1 rings (SSSR count). The molecule has 0 fully saturated rings. The zero-order valence-electron chi connectivity index (χ0n) is 12.9. The zero-order valence-corrected chi connectivity index (χ0v) is 12.9. The Kier molecular flexibility index (Phi) is 7.09. The molecule has 0 saturated carbocycles. The summed E-state index contributed by atoms with van der Waals surface area (Å²) in [6.07, 6.45) is 2.24. The summed E-state index contributed by atoms with van der Waals surface area (Å²) in [5.74, 6) is 0.111. The van der Waals surface area contributed by atoms with E-state index in [9.17, 15) is 4.79 Å². The number of nitrogens with zero attached hydrogens (tertiary/aromatic N) is 1. The molecule has 0 aliphatic heterocycles. The molecule has 0 bridgehead atoms. The highest BCUT2D eigenvalue weighted by Gasteiger charge is 2.04. The Labute approximate surface area is 122 Å². The van der Waals surface area contributed by atoms with E-state index in [1.807, 2.05) is 24.3 Å². The second kappa shape index (κ2) is 8.59. The molecule has 0 unspecified atom stereocenters.